The molecule has 3 aliphatic rings. The number of fused-ring (bicyclic) bond motifs is 1. The highest BCUT2D eigenvalue weighted by Gasteiger charge is 2.59. The van der Waals surface area contributed by atoms with Gasteiger partial charge >= 0.3 is 0 Å². The van der Waals surface area contributed by atoms with E-state index in [0.29, 0.717) is 6.61 Å². The largest absolute Gasteiger partial charge is 0.348 e. The van der Waals surface area contributed by atoms with Crippen molar-refractivity contribution in [2.45, 2.75) is 89.1 Å². The van der Waals surface area contributed by atoms with Crippen LogP contribution in [0.2, 0.25) is 0 Å². The maximum absolute atomic E-state index is 12.2. The summed E-state index contributed by atoms with van der Waals surface area (Å²) in [5.41, 5.74) is 0. The highest BCUT2D eigenvalue weighted by molar-refractivity contribution is 7.80. The SMILES string of the molecule is CC(C)[S@](=O)OC1C2OC(C)(C)OC2OC1[C@H]1COC(C)(C)O1. The van der Waals surface area contributed by atoms with Gasteiger partial charge in [0.2, 0.25) is 0 Å². The van der Waals surface area contributed by atoms with Crippen molar-refractivity contribution in [3.05, 3.63) is 0 Å². The first-order valence-corrected chi connectivity index (χ1v) is 9.12. The van der Waals surface area contributed by atoms with E-state index in [1.807, 2.05) is 41.5 Å². The molecule has 7 nitrogen and oxygen atoms in total. The van der Waals surface area contributed by atoms with Crippen LogP contribution in [0.3, 0.4) is 0 Å². The summed E-state index contributed by atoms with van der Waals surface area (Å²) in [5.74, 6) is -1.43. The molecule has 0 aliphatic carbocycles. The monoisotopic (exact) mass is 350 g/mol. The minimum absolute atomic E-state index is 0.123. The van der Waals surface area contributed by atoms with Crippen LogP contribution in [0.4, 0.5) is 0 Å². The van der Waals surface area contributed by atoms with Crippen molar-refractivity contribution in [1.29, 1.82) is 0 Å². The molecule has 0 N–H and O–H groups in total. The first-order valence-electron chi connectivity index (χ1n) is 7.98. The van der Waals surface area contributed by atoms with E-state index in [9.17, 15) is 4.21 Å². The molecule has 3 aliphatic heterocycles. The Kier molecular flexibility index (Phi) is 4.63. The Balaban J connectivity index is 1.77. The molecule has 0 spiro atoms. The predicted molar refractivity (Wildman–Crippen MR) is 81.8 cm³/mol. The molecule has 0 saturated carbocycles. The van der Waals surface area contributed by atoms with Gasteiger partial charge in [0.1, 0.15) is 24.4 Å². The second-order valence-electron chi connectivity index (χ2n) is 7.31. The van der Waals surface area contributed by atoms with Crippen molar-refractivity contribution >= 4 is 11.1 Å². The number of ether oxygens (including phenoxy) is 5. The Morgan fingerprint density at radius 2 is 1.74 bits per heavy atom. The molecule has 0 amide bonds. The second kappa shape index (κ2) is 6.01. The molecule has 6 atom stereocenters. The maximum Gasteiger partial charge on any atom is 0.190 e. The van der Waals surface area contributed by atoms with Gasteiger partial charge in [-0.3, -0.25) is 4.18 Å². The molecule has 3 heterocycles. The highest BCUT2D eigenvalue weighted by atomic mass is 32.2. The van der Waals surface area contributed by atoms with Crippen LogP contribution < -0.4 is 0 Å². The van der Waals surface area contributed by atoms with E-state index in [1.54, 1.807) is 0 Å². The molecular weight excluding hydrogens is 324 g/mol. The lowest BCUT2D eigenvalue weighted by atomic mass is 10.1. The van der Waals surface area contributed by atoms with E-state index < -0.39 is 47.3 Å². The summed E-state index contributed by atoms with van der Waals surface area (Å²) in [5, 5.41) is -0.123. The molecule has 0 aromatic heterocycles. The fraction of sp³-hybridized carbons (Fsp3) is 1.00. The second-order valence-corrected chi connectivity index (χ2v) is 8.96. The van der Waals surface area contributed by atoms with Crippen LogP contribution in [0.5, 0.6) is 0 Å². The zero-order valence-electron chi connectivity index (χ0n) is 14.4. The summed E-state index contributed by atoms with van der Waals surface area (Å²) in [7, 11) is 0. The molecule has 3 fully saturated rings. The average Bonchev–Trinajstić information content (AvgIpc) is 3.01. The average molecular weight is 350 g/mol. The summed E-state index contributed by atoms with van der Waals surface area (Å²) in [6.07, 6.45) is -2.31. The molecule has 8 heteroatoms. The van der Waals surface area contributed by atoms with E-state index in [1.165, 1.54) is 0 Å². The Hall–Kier alpha value is -0.0900. The predicted octanol–water partition coefficient (Wildman–Crippen LogP) is 1.47. The van der Waals surface area contributed by atoms with Crippen LogP contribution >= 0.6 is 0 Å². The molecule has 0 radical (unpaired) electrons. The lowest BCUT2D eigenvalue weighted by Gasteiger charge is -2.28. The van der Waals surface area contributed by atoms with Crippen molar-refractivity contribution in [2.75, 3.05) is 6.61 Å². The van der Waals surface area contributed by atoms with Gasteiger partial charge in [0.25, 0.3) is 0 Å². The first-order chi connectivity index (χ1) is 10.6. The smallest absolute Gasteiger partial charge is 0.190 e. The number of rotatable bonds is 4. The fourth-order valence-corrected chi connectivity index (χ4v) is 3.67. The zero-order chi connectivity index (χ0) is 17.0. The lowest BCUT2D eigenvalue weighted by molar-refractivity contribution is -0.230. The molecular formula is C15H26O7S. The van der Waals surface area contributed by atoms with Gasteiger partial charge in [-0.1, -0.05) is 0 Å². The summed E-state index contributed by atoms with van der Waals surface area (Å²) in [6.45, 7) is 11.4. The van der Waals surface area contributed by atoms with Crippen LogP contribution in [0.15, 0.2) is 0 Å². The fourth-order valence-electron chi connectivity index (χ4n) is 3.01. The van der Waals surface area contributed by atoms with Crippen molar-refractivity contribution < 1.29 is 32.1 Å². The van der Waals surface area contributed by atoms with E-state index in [0.717, 1.165) is 0 Å². The zero-order valence-corrected chi connectivity index (χ0v) is 15.3. The van der Waals surface area contributed by atoms with Gasteiger partial charge in [-0.15, -0.1) is 0 Å². The van der Waals surface area contributed by atoms with Crippen molar-refractivity contribution in [3.63, 3.8) is 0 Å². The van der Waals surface area contributed by atoms with Gasteiger partial charge in [-0.25, -0.2) is 4.21 Å². The summed E-state index contributed by atoms with van der Waals surface area (Å²) < 4.78 is 47.1. The number of hydrogen-bond donors (Lipinski definition) is 0. The minimum atomic E-state index is -1.45. The Labute approximate surface area is 139 Å². The molecule has 0 aromatic carbocycles. The van der Waals surface area contributed by atoms with Crippen LogP contribution in [0, 0.1) is 0 Å². The van der Waals surface area contributed by atoms with Crippen molar-refractivity contribution in [2.24, 2.45) is 0 Å². The molecule has 3 rings (SSSR count). The molecule has 134 valence electrons. The Morgan fingerprint density at radius 1 is 1.04 bits per heavy atom. The lowest BCUT2D eigenvalue weighted by Crippen LogP contribution is -2.45. The first kappa shape index (κ1) is 17.7. The quantitative estimate of drug-likeness (QED) is 0.760. The van der Waals surface area contributed by atoms with Crippen LogP contribution in [-0.2, 0) is 38.9 Å². The normalized spacial score (nSPS) is 43.0. The third kappa shape index (κ3) is 3.63. The van der Waals surface area contributed by atoms with Gasteiger partial charge in [0.05, 0.1) is 11.9 Å². The molecule has 23 heavy (non-hydrogen) atoms. The third-order valence-electron chi connectivity index (χ3n) is 4.01. The topological polar surface area (TPSA) is 72.5 Å². The summed E-state index contributed by atoms with van der Waals surface area (Å²) >= 11 is -1.45. The minimum Gasteiger partial charge on any atom is -0.348 e. The van der Waals surface area contributed by atoms with Gasteiger partial charge in [0, 0.05) is 0 Å². The van der Waals surface area contributed by atoms with Crippen molar-refractivity contribution in [1.82, 2.24) is 0 Å². The van der Waals surface area contributed by atoms with E-state index >= 15 is 0 Å². The van der Waals surface area contributed by atoms with Gasteiger partial charge < -0.3 is 23.7 Å². The van der Waals surface area contributed by atoms with Crippen LogP contribution in [-0.4, -0.2) is 58.3 Å². The Bertz CT molecular complexity index is 478. The summed E-state index contributed by atoms with van der Waals surface area (Å²) in [6, 6.07) is 0. The third-order valence-corrected chi connectivity index (χ3v) is 5.20. The Morgan fingerprint density at radius 3 is 2.30 bits per heavy atom. The molecule has 0 aromatic rings. The standard InChI is InChI=1S/C15H26O7S/c1-8(2)23(16)22-11-10(9-7-17-14(3,4)19-9)18-13-12(11)20-15(5,6)21-13/h8-13H,7H2,1-6H3/t9-,10?,11?,12?,13?,23-/m1/s1. The molecule has 4 unspecified atom stereocenters. The van der Waals surface area contributed by atoms with Crippen LogP contribution in [0.25, 0.3) is 0 Å². The number of hydrogen-bond acceptors (Lipinski definition) is 7. The van der Waals surface area contributed by atoms with Gasteiger partial charge in [0.15, 0.2) is 28.9 Å². The van der Waals surface area contributed by atoms with Gasteiger partial charge in [-0.2, -0.15) is 0 Å². The molecule has 3 saturated heterocycles. The van der Waals surface area contributed by atoms with Gasteiger partial charge in [-0.05, 0) is 41.5 Å². The maximum atomic E-state index is 12.2. The van der Waals surface area contributed by atoms with Crippen molar-refractivity contribution in [3.8, 4) is 0 Å². The van der Waals surface area contributed by atoms with E-state index in [2.05, 4.69) is 0 Å². The van der Waals surface area contributed by atoms with Crippen LogP contribution in [0.1, 0.15) is 41.5 Å². The highest BCUT2D eigenvalue weighted by Crippen LogP contribution is 2.42. The van der Waals surface area contributed by atoms with E-state index in [4.69, 9.17) is 27.9 Å². The summed E-state index contributed by atoms with van der Waals surface area (Å²) in [4.78, 5) is 0. The molecule has 0 bridgehead atoms. The van der Waals surface area contributed by atoms with E-state index in [-0.39, 0.29) is 11.4 Å².